The zero-order valence-corrected chi connectivity index (χ0v) is 14.2. The molecule has 0 heterocycles. The van der Waals surface area contributed by atoms with E-state index in [1.807, 2.05) is 12.1 Å². The summed E-state index contributed by atoms with van der Waals surface area (Å²) in [7, 11) is 0. The smallest absolute Gasteiger partial charge is 0.338 e. The summed E-state index contributed by atoms with van der Waals surface area (Å²) < 4.78 is 4.98. The molecule has 0 spiro atoms. The highest BCUT2D eigenvalue weighted by molar-refractivity contribution is 6.30. The fourth-order valence-corrected chi connectivity index (χ4v) is 2.88. The van der Waals surface area contributed by atoms with Crippen LogP contribution in [0.25, 0.3) is 0 Å². The minimum absolute atomic E-state index is 0.112. The standard InChI is InChI=1S/C19H21ClO4/c1-2-24-19(23)14-8-6-13(7-9-14)18(17(22)10-11-21)15-4-3-5-16(20)12-15/h3-9,12,17-18,21-22H,2,10-11H2,1H3/t17-,18+/m0/s1. The van der Waals surface area contributed by atoms with Crippen molar-refractivity contribution in [1.82, 2.24) is 0 Å². The van der Waals surface area contributed by atoms with Crippen LogP contribution in [0.4, 0.5) is 0 Å². The minimum atomic E-state index is -0.762. The molecule has 24 heavy (non-hydrogen) atoms. The van der Waals surface area contributed by atoms with Crippen molar-refractivity contribution in [3.05, 3.63) is 70.2 Å². The molecule has 0 aliphatic carbocycles. The molecular weight excluding hydrogens is 328 g/mol. The van der Waals surface area contributed by atoms with E-state index in [1.165, 1.54) is 0 Å². The van der Waals surface area contributed by atoms with Gasteiger partial charge in [0, 0.05) is 17.5 Å². The first-order valence-corrected chi connectivity index (χ1v) is 8.26. The average molecular weight is 349 g/mol. The predicted molar refractivity (Wildman–Crippen MR) is 93.4 cm³/mol. The second-order valence-corrected chi connectivity index (χ2v) is 5.89. The first-order valence-electron chi connectivity index (χ1n) is 7.88. The van der Waals surface area contributed by atoms with Crippen molar-refractivity contribution in [1.29, 1.82) is 0 Å². The van der Waals surface area contributed by atoms with Crippen LogP contribution in [0.2, 0.25) is 5.02 Å². The molecule has 2 aromatic rings. The van der Waals surface area contributed by atoms with Crippen LogP contribution < -0.4 is 0 Å². The molecule has 4 nitrogen and oxygen atoms in total. The number of benzene rings is 2. The quantitative estimate of drug-likeness (QED) is 0.753. The van der Waals surface area contributed by atoms with Gasteiger partial charge in [-0.15, -0.1) is 0 Å². The van der Waals surface area contributed by atoms with Crippen LogP contribution in [0.1, 0.15) is 40.7 Å². The van der Waals surface area contributed by atoms with Gasteiger partial charge in [-0.3, -0.25) is 0 Å². The number of hydrogen-bond donors (Lipinski definition) is 2. The summed E-state index contributed by atoms with van der Waals surface area (Å²) in [6.07, 6.45) is -0.515. The van der Waals surface area contributed by atoms with Crippen molar-refractivity contribution in [3.8, 4) is 0 Å². The van der Waals surface area contributed by atoms with Gasteiger partial charge in [0.15, 0.2) is 0 Å². The summed E-state index contributed by atoms with van der Waals surface area (Å²) in [4.78, 5) is 11.8. The maximum absolute atomic E-state index is 11.8. The van der Waals surface area contributed by atoms with E-state index in [2.05, 4.69) is 0 Å². The summed E-state index contributed by atoms with van der Waals surface area (Å²) in [5.74, 6) is -0.716. The lowest BCUT2D eigenvalue weighted by atomic mass is 9.85. The first-order chi connectivity index (χ1) is 11.6. The van der Waals surface area contributed by atoms with Crippen LogP contribution in [-0.4, -0.2) is 35.5 Å². The lowest BCUT2D eigenvalue weighted by molar-refractivity contribution is 0.0526. The number of hydrogen-bond acceptors (Lipinski definition) is 4. The number of aliphatic hydroxyl groups excluding tert-OH is 2. The van der Waals surface area contributed by atoms with Crippen molar-refractivity contribution >= 4 is 17.6 Å². The Morgan fingerprint density at radius 1 is 1.17 bits per heavy atom. The van der Waals surface area contributed by atoms with E-state index >= 15 is 0 Å². The molecule has 0 fully saturated rings. The molecule has 2 atom stereocenters. The Morgan fingerprint density at radius 2 is 1.88 bits per heavy atom. The van der Waals surface area contributed by atoms with Crippen molar-refractivity contribution in [2.45, 2.75) is 25.4 Å². The Bertz CT molecular complexity index is 669. The molecule has 0 bridgehead atoms. The van der Waals surface area contributed by atoms with E-state index in [0.29, 0.717) is 17.2 Å². The number of aliphatic hydroxyl groups is 2. The van der Waals surface area contributed by atoms with Crippen LogP contribution in [0.15, 0.2) is 48.5 Å². The van der Waals surface area contributed by atoms with Gasteiger partial charge in [-0.1, -0.05) is 35.9 Å². The highest BCUT2D eigenvalue weighted by atomic mass is 35.5. The normalized spacial score (nSPS) is 13.3. The largest absolute Gasteiger partial charge is 0.462 e. The maximum atomic E-state index is 11.8. The zero-order valence-electron chi connectivity index (χ0n) is 13.5. The van der Waals surface area contributed by atoms with Gasteiger partial charge >= 0.3 is 5.97 Å². The molecule has 0 aromatic heterocycles. The third kappa shape index (κ3) is 4.57. The van der Waals surface area contributed by atoms with Gasteiger partial charge in [0.05, 0.1) is 18.3 Å². The lowest BCUT2D eigenvalue weighted by Crippen LogP contribution is -2.21. The molecule has 2 aromatic carbocycles. The molecule has 2 N–H and O–H groups in total. The molecular formula is C19H21ClO4. The second kappa shape index (κ2) is 8.83. The molecule has 0 radical (unpaired) electrons. The van der Waals surface area contributed by atoms with Crippen LogP contribution in [0, 0.1) is 0 Å². The number of carbonyl (C=O) groups excluding carboxylic acids is 1. The van der Waals surface area contributed by atoms with Crippen LogP contribution in [-0.2, 0) is 4.74 Å². The van der Waals surface area contributed by atoms with Gasteiger partial charge in [0.25, 0.3) is 0 Å². The SMILES string of the molecule is CCOC(=O)c1ccc([C@H](c2cccc(Cl)c2)[C@@H](O)CCO)cc1. The summed E-state index contributed by atoms with van der Waals surface area (Å²) in [6, 6.07) is 14.2. The molecule has 2 rings (SSSR count). The summed E-state index contributed by atoms with van der Waals surface area (Å²) >= 11 is 6.07. The second-order valence-electron chi connectivity index (χ2n) is 5.45. The molecule has 5 heteroatoms. The Balaban J connectivity index is 2.35. The van der Waals surface area contributed by atoms with Gasteiger partial charge in [-0.25, -0.2) is 4.79 Å². The number of carbonyl (C=O) groups is 1. The average Bonchev–Trinajstić information content (AvgIpc) is 2.56. The van der Waals surface area contributed by atoms with Crippen molar-refractivity contribution < 1.29 is 19.7 Å². The molecule has 0 saturated carbocycles. The van der Waals surface area contributed by atoms with Crippen molar-refractivity contribution in [3.63, 3.8) is 0 Å². The van der Waals surface area contributed by atoms with E-state index in [1.54, 1.807) is 43.3 Å². The Kier molecular flexibility index (Phi) is 6.79. The molecule has 0 aliphatic rings. The van der Waals surface area contributed by atoms with Crippen LogP contribution in [0.3, 0.4) is 0 Å². The number of rotatable bonds is 7. The summed E-state index contributed by atoms with van der Waals surface area (Å²) in [5.41, 5.74) is 2.15. The third-order valence-electron chi connectivity index (χ3n) is 3.80. The van der Waals surface area contributed by atoms with E-state index in [4.69, 9.17) is 21.4 Å². The van der Waals surface area contributed by atoms with Crippen molar-refractivity contribution in [2.24, 2.45) is 0 Å². The summed E-state index contributed by atoms with van der Waals surface area (Å²) in [5, 5.41) is 20.2. The van der Waals surface area contributed by atoms with Crippen LogP contribution in [0.5, 0.6) is 0 Å². The number of esters is 1. The predicted octanol–water partition coefficient (Wildman–Crippen LogP) is 3.39. The third-order valence-corrected chi connectivity index (χ3v) is 4.03. The fourth-order valence-electron chi connectivity index (χ4n) is 2.68. The van der Waals surface area contributed by atoms with Gasteiger partial charge in [-0.2, -0.15) is 0 Å². The Morgan fingerprint density at radius 3 is 2.46 bits per heavy atom. The van der Waals surface area contributed by atoms with E-state index in [-0.39, 0.29) is 24.9 Å². The first kappa shape index (κ1) is 18.5. The number of ether oxygens (including phenoxy) is 1. The van der Waals surface area contributed by atoms with Gasteiger partial charge in [-0.05, 0) is 48.7 Å². The molecule has 0 unspecified atom stereocenters. The van der Waals surface area contributed by atoms with E-state index < -0.39 is 6.10 Å². The van der Waals surface area contributed by atoms with Crippen LogP contribution >= 0.6 is 11.6 Å². The molecule has 128 valence electrons. The molecule has 0 saturated heterocycles. The minimum Gasteiger partial charge on any atom is -0.462 e. The molecule has 0 amide bonds. The van der Waals surface area contributed by atoms with Gasteiger partial charge < -0.3 is 14.9 Å². The van der Waals surface area contributed by atoms with Gasteiger partial charge in [0.1, 0.15) is 0 Å². The monoisotopic (exact) mass is 348 g/mol. The lowest BCUT2D eigenvalue weighted by Gasteiger charge is -2.24. The maximum Gasteiger partial charge on any atom is 0.338 e. The Hall–Kier alpha value is -1.88. The highest BCUT2D eigenvalue weighted by Crippen LogP contribution is 2.31. The topological polar surface area (TPSA) is 66.8 Å². The summed E-state index contributed by atoms with van der Waals surface area (Å²) in [6.45, 7) is 1.97. The molecule has 0 aliphatic heterocycles. The van der Waals surface area contributed by atoms with Gasteiger partial charge in [0.2, 0.25) is 0 Å². The van der Waals surface area contributed by atoms with Crippen molar-refractivity contribution in [2.75, 3.05) is 13.2 Å². The Labute approximate surface area is 146 Å². The van der Waals surface area contributed by atoms with E-state index in [0.717, 1.165) is 11.1 Å². The number of halogens is 1. The fraction of sp³-hybridized carbons (Fsp3) is 0.316. The zero-order chi connectivity index (χ0) is 17.5. The highest BCUT2D eigenvalue weighted by Gasteiger charge is 2.23. The van der Waals surface area contributed by atoms with E-state index in [9.17, 15) is 9.90 Å².